The van der Waals surface area contributed by atoms with E-state index in [9.17, 15) is 5.11 Å². The lowest BCUT2D eigenvalue weighted by atomic mass is 9.72. The van der Waals surface area contributed by atoms with Crippen molar-refractivity contribution < 1.29 is 9.84 Å². The fraction of sp³-hybridized carbons (Fsp3) is 0.455. The largest absolute Gasteiger partial charge is 0.497 e. The van der Waals surface area contributed by atoms with Crippen LogP contribution in [-0.2, 0) is 5.41 Å². The van der Waals surface area contributed by atoms with Crippen LogP contribution in [0.2, 0.25) is 0 Å². The van der Waals surface area contributed by atoms with Gasteiger partial charge in [-0.1, -0.05) is 42.5 Å². The molecule has 4 heteroatoms. The van der Waals surface area contributed by atoms with E-state index in [0.29, 0.717) is 6.54 Å². The minimum absolute atomic E-state index is 0.141. The van der Waals surface area contributed by atoms with Gasteiger partial charge in [-0.05, 0) is 56.2 Å². The van der Waals surface area contributed by atoms with E-state index >= 15 is 0 Å². The van der Waals surface area contributed by atoms with E-state index in [4.69, 9.17) is 4.74 Å². The van der Waals surface area contributed by atoms with E-state index in [1.54, 1.807) is 7.11 Å². The molecule has 1 atom stereocenters. The summed E-state index contributed by atoms with van der Waals surface area (Å²) in [6.45, 7) is 3.63. The lowest BCUT2D eigenvalue weighted by molar-refractivity contribution is 0.154. The van der Waals surface area contributed by atoms with Gasteiger partial charge in [-0.2, -0.15) is 0 Å². The highest BCUT2D eigenvalue weighted by atomic mass is 16.5. The molecule has 1 aliphatic rings. The lowest BCUT2D eigenvalue weighted by Gasteiger charge is -2.41. The molecule has 0 amide bonds. The van der Waals surface area contributed by atoms with Crippen molar-refractivity contribution >= 4 is 0 Å². The molecule has 1 heterocycles. The Kier molecular flexibility index (Phi) is 6.30. The number of nitrogens with zero attached hydrogens (tertiary/aromatic N) is 1. The first kappa shape index (κ1) is 18.9. The Bertz CT molecular complexity index is 682. The topological polar surface area (TPSA) is 44.7 Å². The molecule has 26 heavy (non-hydrogen) atoms. The minimum Gasteiger partial charge on any atom is -0.497 e. The van der Waals surface area contributed by atoms with Crippen LogP contribution >= 0.6 is 0 Å². The third kappa shape index (κ3) is 4.44. The fourth-order valence-corrected chi connectivity index (χ4v) is 3.82. The summed E-state index contributed by atoms with van der Waals surface area (Å²) in [6, 6.07) is 18.5. The van der Waals surface area contributed by atoms with Crippen molar-refractivity contribution in [2.24, 2.45) is 0 Å². The molecule has 3 rings (SSSR count). The first-order chi connectivity index (χ1) is 12.6. The Labute approximate surface area is 156 Å². The number of hydrogen-bond acceptors (Lipinski definition) is 4. The zero-order valence-electron chi connectivity index (χ0n) is 15.8. The zero-order chi connectivity index (χ0) is 18.4. The quantitative estimate of drug-likeness (QED) is 0.802. The maximum absolute atomic E-state index is 10.5. The summed E-state index contributed by atoms with van der Waals surface area (Å²) in [6.07, 6.45) is 1.73. The van der Waals surface area contributed by atoms with Crippen LogP contribution in [0.3, 0.4) is 0 Å². The normalized spacial score (nSPS) is 18.4. The summed E-state index contributed by atoms with van der Waals surface area (Å²) in [5.41, 5.74) is 2.42. The smallest absolute Gasteiger partial charge is 0.119 e. The SMILES string of the molecule is COc1cccc(C(O)CNCC2(c3ccccc3)CCN(C)CC2)c1. The predicted octanol–water partition coefficient (Wildman–Crippen LogP) is 2.98. The van der Waals surface area contributed by atoms with Crippen LogP contribution in [0.4, 0.5) is 0 Å². The van der Waals surface area contributed by atoms with Crippen LogP contribution in [-0.4, -0.2) is 50.3 Å². The summed E-state index contributed by atoms with van der Waals surface area (Å²) in [5.74, 6) is 0.776. The third-order valence-corrected chi connectivity index (χ3v) is 5.61. The molecular formula is C22H30N2O2. The summed E-state index contributed by atoms with van der Waals surface area (Å²) < 4.78 is 5.25. The summed E-state index contributed by atoms with van der Waals surface area (Å²) in [5, 5.41) is 14.1. The van der Waals surface area contributed by atoms with Crippen molar-refractivity contribution in [1.82, 2.24) is 10.2 Å². The average molecular weight is 354 g/mol. The highest BCUT2D eigenvalue weighted by molar-refractivity contribution is 5.30. The number of ether oxygens (including phenoxy) is 1. The van der Waals surface area contributed by atoms with Gasteiger partial charge in [-0.15, -0.1) is 0 Å². The lowest BCUT2D eigenvalue weighted by Crippen LogP contribution is -2.47. The van der Waals surface area contributed by atoms with E-state index in [-0.39, 0.29) is 5.41 Å². The van der Waals surface area contributed by atoms with Crippen molar-refractivity contribution in [3.8, 4) is 5.75 Å². The van der Waals surface area contributed by atoms with Crippen molar-refractivity contribution in [3.05, 3.63) is 65.7 Å². The number of piperidine rings is 1. The number of benzene rings is 2. The standard InChI is InChI=1S/C22H30N2O2/c1-24-13-11-22(12-14-24,19-8-4-3-5-9-19)17-23-16-21(25)18-7-6-10-20(15-18)26-2/h3-10,15,21,23,25H,11-14,16-17H2,1-2H3. The molecule has 0 aromatic heterocycles. The van der Waals surface area contributed by atoms with Gasteiger partial charge in [0.05, 0.1) is 13.2 Å². The molecule has 2 aromatic carbocycles. The van der Waals surface area contributed by atoms with Gasteiger partial charge in [0.25, 0.3) is 0 Å². The maximum Gasteiger partial charge on any atom is 0.119 e. The van der Waals surface area contributed by atoms with Crippen molar-refractivity contribution in [3.63, 3.8) is 0 Å². The van der Waals surface area contributed by atoms with Gasteiger partial charge in [0.2, 0.25) is 0 Å². The molecule has 2 aromatic rings. The van der Waals surface area contributed by atoms with Gasteiger partial charge in [0, 0.05) is 18.5 Å². The molecule has 1 unspecified atom stereocenters. The number of rotatable bonds is 7. The van der Waals surface area contributed by atoms with Crippen molar-refractivity contribution in [1.29, 1.82) is 0 Å². The molecule has 140 valence electrons. The van der Waals surface area contributed by atoms with E-state index in [1.807, 2.05) is 24.3 Å². The van der Waals surface area contributed by atoms with Gasteiger partial charge in [0.15, 0.2) is 0 Å². The Morgan fingerprint density at radius 2 is 1.85 bits per heavy atom. The van der Waals surface area contributed by atoms with Gasteiger partial charge in [0.1, 0.15) is 5.75 Å². The fourth-order valence-electron chi connectivity index (χ4n) is 3.82. The maximum atomic E-state index is 10.5. The minimum atomic E-state index is -0.538. The number of likely N-dealkylation sites (tertiary alicyclic amines) is 1. The van der Waals surface area contributed by atoms with Crippen LogP contribution < -0.4 is 10.1 Å². The van der Waals surface area contributed by atoms with Gasteiger partial charge in [-0.3, -0.25) is 0 Å². The van der Waals surface area contributed by atoms with E-state index in [0.717, 1.165) is 43.8 Å². The Hall–Kier alpha value is -1.88. The second-order valence-corrected chi connectivity index (χ2v) is 7.37. The molecule has 4 nitrogen and oxygen atoms in total. The molecule has 0 aliphatic carbocycles. The second-order valence-electron chi connectivity index (χ2n) is 7.37. The summed E-state index contributed by atoms with van der Waals surface area (Å²) in [7, 11) is 3.84. The third-order valence-electron chi connectivity index (χ3n) is 5.61. The van der Waals surface area contributed by atoms with Gasteiger partial charge >= 0.3 is 0 Å². The second kappa shape index (κ2) is 8.67. The van der Waals surface area contributed by atoms with Gasteiger partial charge < -0.3 is 20.1 Å². The number of methoxy groups -OCH3 is 1. The number of aliphatic hydroxyl groups excluding tert-OH is 1. The molecule has 1 fully saturated rings. The van der Waals surface area contributed by atoms with Crippen LogP contribution in [0, 0.1) is 0 Å². The van der Waals surface area contributed by atoms with Crippen LogP contribution in [0.25, 0.3) is 0 Å². The molecular weight excluding hydrogens is 324 g/mol. The Morgan fingerprint density at radius 3 is 2.54 bits per heavy atom. The highest BCUT2D eigenvalue weighted by Gasteiger charge is 2.35. The Morgan fingerprint density at radius 1 is 1.12 bits per heavy atom. The Balaban J connectivity index is 1.65. The number of aliphatic hydroxyl groups is 1. The van der Waals surface area contributed by atoms with E-state index in [1.165, 1.54) is 5.56 Å². The molecule has 1 aliphatic heterocycles. The van der Waals surface area contributed by atoms with E-state index < -0.39 is 6.10 Å². The van der Waals surface area contributed by atoms with Crippen molar-refractivity contribution in [2.75, 3.05) is 40.3 Å². The number of hydrogen-bond donors (Lipinski definition) is 2. The van der Waals surface area contributed by atoms with Crippen LogP contribution in [0.15, 0.2) is 54.6 Å². The first-order valence-corrected chi connectivity index (χ1v) is 9.40. The first-order valence-electron chi connectivity index (χ1n) is 9.40. The zero-order valence-corrected chi connectivity index (χ0v) is 15.8. The molecule has 0 saturated carbocycles. The van der Waals surface area contributed by atoms with Crippen LogP contribution in [0.5, 0.6) is 5.75 Å². The monoisotopic (exact) mass is 354 g/mol. The summed E-state index contributed by atoms with van der Waals surface area (Å²) >= 11 is 0. The molecule has 1 saturated heterocycles. The molecule has 2 N–H and O–H groups in total. The number of nitrogens with one attached hydrogen (secondary N) is 1. The predicted molar refractivity (Wildman–Crippen MR) is 106 cm³/mol. The van der Waals surface area contributed by atoms with Crippen molar-refractivity contribution in [2.45, 2.75) is 24.4 Å². The van der Waals surface area contributed by atoms with Crippen LogP contribution in [0.1, 0.15) is 30.1 Å². The molecule has 0 spiro atoms. The molecule has 0 radical (unpaired) electrons. The average Bonchev–Trinajstić information content (AvgIpc) is 2.70. The van der Waals surface area contributed by atoms with E-state index in [2.05, 4.69) is 47.6 Å². The molecule has 0 bridgehead atoms. The highest BCUT2D eigenvalue weighted by Crippen LogP contribution is 2.34. The summed E-state index contributed by atoms with van der Waals surface area (Å²) in [4.78, 5) is 2.40. The van der Waals surface area contributed by atoms with Gasteiger partial charge in [-0.25, -0.2) is 0 Å².